The van der Waals surface area contributed by atoms with Crippen molar-refractivity contribution in [2.75, 3.05) is 13.1 Å². The molecule has 2 aliphatic rings. The van der Waals surface area contributed by atoms with Crippen LogP contribution in [-0.2, 0) is 0 Å². The normalized spacial score (nSPS) is 24.6. The molecule has 0 aromatic heterocycles. The molecule has 0 spiro atoms. The SMILES string of the molecule is CC1CCN(C(c2ccccc2)C2CCCCC2)CC1. The maximum atomic E-state index is 2.80. The van der Waals surface area contributed by atoms with Crippen molar-refractivity contribution in [1.82, 2.24) is 4.90 Å². The van der Waals surface area contributed by atoms with E-state index in [0.29, 0.717) is 6.04 Å². The van der Waals surface area contributed by atoms with Crippen molar-refractivity contribution in [3.05, 3.63) is 35.9 Å². The topological polar surface area (TPSA) is 3.24 Å². The predicted molar refractivity (Wildman–Crippen MR) is 85.7 cm³/mol. The van der Waals surface area contributed by atoms with Gasteiger partial charge in [0, 0.05) is 6.04 Å². The predicted octanol–water partition coefficient (Wildman–Crippen LogP) is 5.04. The third-order valence-electron chi connectivity index (χ3n) is 5.45. The number of benzene rings is 1. The fraction of sp³-hybridized carbons (Fsp3) is 0.684. The molecule has 1 aromatic rings. The minimum absolute atomic E-state index is 0.684. The Morgan fingerprint density at radius 3 is 2.20 bits per heavy atom. The average molecular weight is 271 g/mol. The minimum atomic E-state index is 0.684. The zero-order chi connectivity index (χ0) is 13.8. The molecule has 110 valence electrons. The van der Waals surface area contributed by atoms with Crippen LogP contribution >= 0.6 is 0 Å². The second-order valence-electron chi connectivity index (χ2n) is 6.97. The second kappa shape index (κ2) is 6.76. The molecule has 3 rings (SSSR count). The first-order chi connectivity index (χ1) is 9.84. The van der Waals surface area contributed by atoms with Crippen molar-refractivity contribution in [3.63, 3.8) is 0 Å². The van der Waals surface area contributed by atoms with Gasteiger partial charge in [-0.05, 0) is 56.2 Å². The van der Waals surface area contributed by atoms with E-state index in [9.17, 15) is 0 Å². The quantitative estimate of drug-likeness (QED) is 0.744. The van der Waals surface area contributed by atoms with Crippen LogP contribution in [0, 0.1) is 11.8 Å². The summed E-state index contributed by atoms with van der Waals surface area (Å²) in [6.07, 6.45) is 9.98. The van der Waals surface area contributed by atoms with Gasteiger partial charge in [-0.1, -0.05) is 56.5 Å². The smallest absolute Gasteiger partial charge is 0.0376 e. The van der Waals surface area contributed by atoms with Crippen LogP contribution < -0.4 is 0 Å². The zero-order valence-corrected chi connectivity index (χ0v) is 12.9. The Hall–Kier alpha value is -0.820. The molecule has 20 heavy (non-hydrogen) atoms. The first-order valence-electron chi connectivity index (χ1n) is 8.63. The largest absolute Gasteiger partial charge is 0.296 e. The number of rotatable bonds is 3. The molecule has 1 aromatic carbocycles. The van der Waals surface area contributed by atoms with E-state index < -0.39 is 0 Å². The summed E-state index contributed by atoms with van der Waals surface area (Å²) in [5.74, 6) is 1.81. The number of nitrogens with zero attached hydrogens (tertiary/aromatic N) is 1. The van der Waals surface area contributed by atoms with Gasteiger partial charge in [-0.2, -0.15) is 0 Å². The molecule has 1 heteroatoms. The van der Waals surface area contributed by atoms with Crippen LogP contribution in [0.5, 0.6) is 0 Å². The van der Waals surface area contributed by atoms with Crippen LogP contribution in [-0.4, -0.2) is 18.0 Å². The summed E-state index contributed by atoms with van der Waals surface area (Å²) in [6, 6.07) is 12.0. The number of hydrogen-bond donors (Lipinski definition) is 0. The molecular formula is C19H29N. The Morgan fingerprint density at radius 1 is 0.900 bits per heavy atom. The maximum absolute atomic E-state index is 2.80. The van der Waals surface area contributed by atoms with Crippen LogP contribution in [0.2, 0.25) is 0 Å². The molecular weight excluding hydrogens is 242 g/mol. The van der Waals surface area contributed by atoms with Gasteiger partial charge in [0.05, 0.1) is 0 Å². The highest BCUT2D eigenvalue weighted by atomic mass is 15.2. The van der Waals surface area contributed by atoms with Crippen molar-refractivity contribution < 1.29 is 0 Å². The number of piperidine rings is 1. The molecule has 1 saturated carbocycles. The van der Waals surface area contributed by atoms with E-state index in [4.69, 9.17) is 0 Å². The summed E-state index contributed by atoms with van der Waals surface area (Å²) in [7, 11) is 0. The lowest BCUT2D eigenvalue weighted by Crippen LogP contribution is -2.40. The van der Waals surface area contributed by atoms with E-state index >= 15 is 0 Å². The van der Waals surface area contributed by atoms with Crippen molar-refractivity contribution in [2.24, 2.45) is 11.8 Å². The molecule has 1 nitrogen and oxygen atoms in total. The molecule has 1 unspecified atom stereocenters. The maximum Gasteiger partial charge on any atom is 0.0376 e. The Kier molecular flexibility index (Phi) is 4.77. The molecule has 2 fully saturated rings. The highest BCUT2D eigenvalue weighted by Gasteiger charge is 2.31. The molecule has 1 heterocycles. The molecule has 1 aliphatic heterocycles. The fourth-order valence-corrected chi connectivity index (χ4v) is 4.19. The van der Waals surface area contributed by atoms with Crippen LogP contribution in [0.4, 0.5) is 0 Å². The Bertz CT molecular complexity index is 385. The lowest BCUT2D eigenvalue weighted by molar-refractivity contribution is 0.0816. The van der Waals surface area contributed by atoms with Crippen molar-refractivity contribution in [2.45, 2.75) is 57.9 Å². The third kappa shape index (κ3) is 3.25. The Labute approximate surface area is 124 Å². The highest BCUT2D eigenvalue weighted by molar-refractivity contribution is 5.20. The summed E-state index contributed by atoms with van der Waals surface area (Å²) < 4.78 is 0. The molecule has 0 radical (unpaired) electrons. The van der Waals surface area contributed by atoms with E-state index in [-0.39, 0.29) is 0 Å². The van der Waals surface area contributed by atoms with Crippen molar-refractivity contribution in [1.29, 1.82) is 0 Å². The summed E-state index contributed by atoms with van der Waals surface area (Å²) in [6.45, 7) is 5.02. The summed E-state index contributed by atoms with van der Waals surface area (Å²) >= 11 is 0. The first kappa shape index (κ1) is 14.1. The van der Waals surface area contributed by atoms with Crippen LogP contribution in [0.25, 0.3) is 0 Å². The third-order valence-corrected chi connectivity index (χ3v) is 5.45. The van der Waals surface area contributed by atoms with Gasteiger partial charge in [0.2, 0.25) is 0 Å². The minimum Gasteiger partial charge on any atom is -0.296 e. The van der Waals surface area contributed by atoms with Gasteiger partial charge < -0.3 is 0 Å². The van der Waals surface area contributed by atoms with Crippen LogP contribution in [0.15, 0.2) is 30.3 Å². The van der Waals surface area contributed by atoms with Gasteiger partial charge in [-0.15, -0.1) is 0 Å². The van der Waals surface area contributed by atoms with Gasteiger partial charge >= 0.3 is 0 Å². The Morgan fingerprint density at radius 2 is 1.55 bits per heavy atom. The van der Waals surface area contributed by atoms with Gasteiger partial charge in [0.1, 0.15) is 0 Å². The standard InChI is InChI=1S/C19H29N/c1-16-12-14-20(15-13-16)19(17-8-4-2-5-9-17)18-10-6-3-7-11-18/h2,4-5,8-9,16,18-19H,3,6-7,10-15H2,1H3. The fourth-order valence-electron chi connectivity index (χ4n) is 4.19. The van der Waals surface area contributed by atoms with E-state index in [1.165, 1.54) is 58.0 Å². The Balaban J connectivity index is 1.79. The van der Waals surface area contributed by atoms with E-state index in [0.717, 1.165) is 11.8 Å². The summed E-state index contributed by atoms with van der Waals surface area (Å²) in [4.78, 5) is 2.80. The molecule has 0 bridgehead atoms. The van der Waals surface area contributed by atoms with Gasteiger partial charge in [0.15, 0.2) is 0 Å². The zero-order valence-electron chi connectivity index (χ0n) is 12.9. The number of hydrogen-bond acceptors (Lipinski definition) is 1. The molecule has 1 aliphatic carbocycles. The number of likely N-dealkylation sites (tertiary alicyclic amines) is 1. The van der Waals surface area contributed by atoms with Crippen molar-refractivity contribution in [3.8, 4) is 0 Å². The van der Waals surface area contributed by atoms with Crippen molar-refractivity contribution >= 4 is 0 Å². The monoisotopic (exact) mass is 271 g/mol. The summed E-state index contributed by atoms with van der Waals surface area (Å²) in [5, 5.41) is 0. The van der Waals surface area contributed by atoms with Crippen LogP contribution in [0.1, 0.15) is 63.5 Å². The molecule has 0 amide bonds. The lowest BCUT2D eigenvalue weighted by atomic mass is 9.79. The van der Waals surface area contributed by atoms with E-state index in [1.54, 1.807) is 5.56 Å². The highest BCUT2D eigenvalue weighted by Crippen LogP contribution is 2.39. The van der Waals surface area contributed by atoms with Gasteiger partial charge in [-0.3, -0.25) is 4.90 Å². The van der Waals surface area contributed by atoms with Gasteiger partial charge in [0.25, 0.3) is 0 Å². The average Bonchev–Trinajstić information content (AvgIpc) is 2.52. The van der Waals surface area contributed by atoms with Crippen LogP contribution in [0.3, 0.4) is 0 Å². The molecule has 1 saturated heterocycles. The second-order valence-corrected chi connectivity index (χ2v) is 6.97. The first-order valence-corrected chi connectivity index (χ1v) is 8.63. The molecule has 1 atom stereocenters. The molecule has 0 N–H and O–H groups in total. The van der Waals surface area contributed by atoms with Gasteiger partial charge in [-0.25, -0.2) is 0 Å². The lowest BCUT2D eigenvalue weighted by Gasteiger charge is -2.42. The van der Waals surface area contributed by atoms with E-state index in [2.05, 4.69) is 42.2 Å². The van der Waals surface area contributed by atoms with E-state index in [1.807, 2.05) is 0 Å². The summed E-state index contributed by atoms with van der Waals surface area (Å²) in [5.41, 5.74) is 1.56.